The van der Waals surface area contributed by atoms with E-state index in [9.17, 15) is 9.59 Å². The maximum atomic E-state index is 12.8. The van der Waals surface area contributed by atoms with Crippen LogP contribution in [0.15, 0.2) is 54.9 Å². The average Bonchev–Trinajstić information content (AvgIpc) is 2.80. The van der Waals surface area contributed by atoms with Gasteiger partial charge in [-0.2, -0.15) is 0 Å². The number of ether oxygens (including phenoxy) is 1. The molecule has 1 amide bonds. The maximum absolute atomic E-state index is 12.8. The fourth-order valence-corrected chi connectivity index (χ4v) is 2.71. The van der Waals surface area contributed by atoms with E-state index >= 15 is 0 Å². The summed E-state index contributed by atoms with van der Waals surface area (Å²) in [4.78, 5) is 30.7. The fourth-order valence-electron chi connectivity index (χ4n) is 2.71. The molecular formula is C20H20N2O3. The zero-order valence-corrected chi connectivity index (χ0v) is 14.5. The lowest BCUT2D eigenvalue weighted by Crippen LogP contribution is -2.25. The molecular weight excluding hydrogens is 316 g/mol. The third-order valence-electron chi connectivity index (χ3n) is 3.71. The number of hydrogen-bond donors (Lipinski definition) is 0. The minimum Gasteiger partial charge on any atom is -0.457 e. The van der Waals surface area contributed by atoms with Crippen LogP contribution in [0.5, 0.6) is 0 Å². The van der Waals surface area contributed by atoms with E-state index in [1.165, 1.54) is 6.08 Å². The van der Waals surface area contributed by atoms with Crippen LogP contribution >= 0.6 is 0 Å². The number of carbonyl (C=O) groups is 2. The van der Waals surface area contributed by atoms with Crippen LogP contribution < -0.4 is 0 Å². The van der Waals surface area contributed by atoms with Crippen molar-refractivity contribution < 1.29 is 14.3 Å². The lowest BCUT2D eigenvalue weighted by atomic mass is 10.1. The quantitative estimate of drug-likeness (QED) is 0.636. The molecule has 0 bridgehead atoms. The summed E-state index contributed by atoms with van der Waals surface area (Å²) in [5, 5.41) is 0. The lowest BCUT2D eigenvalue weighted by Gasteiger charge is -2.21. The van der Waals surface area contributed by atoms with Crippen molar-refractivity contribution in [2.45, 2.75) is 32.9 Å². The van der Waals surface area contributed by atoms with Gasteiger partial charge < -0.3 is 9.64 Å². The molecule has 1 aromatic heterocycles. The van der Waals surface area contributed by atoms with Crippen LogP contribution in [0.4, 0.5) is 0 Å². The molecule has 0 radical (unpaired) electrons. The number of amides is 1. The molecule has 1 aromatic carbocycles. The van der Waals surface area contributed by atoms with Gasteiger partial charge in [0, 0.05) is 24.0 Å². The Labute approximate surface area is 146 Å². The molecule has 128 valence electrons. The SMILES string of the molecule is CC(C)(C)OC(=O)/C=C1\c2cnccc2C(=O)N1Cc1ccccc1. The van der Waals surface area contributed by atoms with Crippen molar-refractivity contribution in [1.82, 2.24) is 9.88 Å². The zero-order valence-electron chi connectivity index (χ0n) is 14.5. The van der Waals surface area contributed by atoms with E-state index in [4.69, 9.17) is 4.74 Å². The van der Waals surface area contributed by atoms with Crippen molar-refractivity contribution in [2.75, 3.05) is 0 Å². The van der Waals surface area contributed by atoms with Crippen LogP contribution in [0.3, 0.4) is 0 Å². The Morgan fingerprint density at radius 3 is 2.56 bits per heavy atom. The molecule has 25 heavy (non-hydrogen) atoms. The molecule has 5 nitrogen and oxygen atoms in total. The second-order valence-electron chi connectivity index (χ2n) is 6.86. The molecule has 0 N–H and O–H groups in total. The van der Waals surface area contributed by atoms with Gasteiger partial charge in [-0.1, -0.05) is 30.3 Å². The van der Waals surface area contributed by atoms with Crippen LogP contribution in [0.25, 0.3) is 5.70 Å². The third-order valence-corrected chi connectivity index (χ3v) is 3.71. The van der Waals surface area contributed by atoms with Crippen molar-refractivity contribution >= 4 is 17.6 Å². The minimum absolute atomic E-state index is 0.143. The van der Waals surface area contributed by atoms with E-state index in [0.717, 1.165) is 5.56 Å². The van der Waals surface area contributed by atoms with Crippen molar-refractivity contribution in [3.05, 3.63) is 71.6 Å². The highest BCUT2D eigenvalue weighted by atomic mass is 16.6. The van der Waals surface area contributed by atoms with Gasteiger partial charge >= 0.3 is 5.97 Å². The van der Waals surface area contributed by atoms with E-state index in [1.807, 2.05) is 30.3 Å². The van der Waals surface area contributed by atoms with Gasteiger partial charge in [0.2, 0.25) is 0 Å². The molecule has 0 saturated heterocycles. The van der Waals surface area contributed by atoms with Gasteiger partial charge in [-0.3, -0.25) is 9.78 Å². The normalized spacial score (nSPS) is 15.4. The Balaban J connectivity index is 1.98. The summed E-state index contributed by atoms with van der Waals surface area (Å²) in [6, 6.07) is 11.3. The molecule has 2 heterocycles. The number of rotatable bonds is 3. The second kappa shape index (κ2) is 6.51. The molecule has 0 spiro atoms. The molecule has 0 saturated carbocycles. The molecule has 1 aliphatic heterocycles. The first-order chi connectivity index (χ1) is 11.8. The van der Waals surface area contributed by atoms with Crippen molar-refractivity contribution in [3.8, 4) is 0 Å². The number of aromatic nitrogens is 1. The van der Waals surface area contributed by atoms with Gasteiger partial charge in [0.1, 0.15) is 5.60 Å². The number of pyridine rings is 1. The fraction of sp³-hybridized carbons (Fsp3) is 0.250. The molecule has 0 unspecified atom stereocenters. The Hall–Kier alpha value is -2.95. The standard InChI is InChI=1S/C20H20N2O3/c1-20(2,3)25-18(23)11-17-16-12-21-10-9-15(16)19(24)22(17)13-14-7-5-4-6-8-14/h4-12H,13H2,1-3H3/b17-11+. The van der Waals surface area contributed by atoms with Gasteiger partial charge in [-0.05, 0) is 32.4 Å². The van der Waals surface area contributed by atoms with Gasteiger partial charge in [-0.15, -0.1) is 0 Å². The van der Waals surface area contributed by atoms with Crippen LogP contribution in [0.1, 0.15) is 42.3 Å². The lowest BCUT2D eigenvalue weighted by molar-refractivity contribution is -0.148. The molecule has 0 fully saturated rings. The maximum Gasteiger partial charge on any atom is 0.333 e. The van der Waals surface area contributed by atoms with Gasteiger partial charge in [0.05, 0.1) is 17.8 Å². The molecule has 0 aliphatic carbocycles. The number of nitrogens with zero attached hydrogens (tertiary/aromatic N) is 2. The average molecular weight is 336 g/mol. The van der Waals surface area contributed by atoms with Gasteiger partial charge in [0.25, 0.3) is 5.91 Å². The third kappa shape index (κ3) is 3.76. The first kappa shape index (κ1) is 16.9. The molecule has 3 rings (SSSR count). The first-order valence-electron chi connectivity index (χ1n) is 8.10. The number of fused-ring (bicyclic) bond motifs is 1. The minimum atomic E-state index is -0.598. The van der Waals surface area contributed by atoms with E-state index in [0.29, 0.717) is 23.4 Å². The molecule has 0 atom stereocenters. The number of hydrogen-bond acceptors (Lipinski definition) is 4. The van der Waals surface area contributed by atoms with E-state index in [2.05, 4.69) is 4.98 Å². The van der Waals surface area contributed by atoms with E-state index < -0.39 is 11.6 Å². The Morgan fingerprint density at radius 2 is 1.88 bits per heavy atom. The summed E-state index contributed by atoms with van der Waals surface area (Å²) in [5.41, 5.74) is 2.09. The Kier molecular flexibility index (Phi) is 4.40. The topological polar surface area (TPSA) is 59.5 Å². The number of benzene rings is 1. The molecule has 1 aliphatic rings. The first-order valence-corrected chi connectivity index (χ1v) is 8.10. The summed E-state index contributed by atoms with van der Waals surface area (Å²) >= 11 is 0. The van der Waals surface area contributed by atoms with E-state index in [-0.39, 0.29) is 5.91 Å². The summed E-state index contributed by atoms with van der Waals surface area (Å²) in [6.45, 7) is 5.80. The second-order valence-corrected chi connectivity index (χ2v) is 6.86. The summed E-state index contributed by atoms with van der Waals surface area (Å²) in [5.74, 6) is -0.624. The number of esters is 1. The van der Waals surface area contributed by atoms with Gasteiger partial charge in [-0.25, -0.2) is 4.79 Å². The highest BCUT2D eigenvalue weighted by molar-refractivity contribution is 6.11. The van der Waals surface area contributed by atoms with Gasteiger partial charge in [0.15, 0.2) is 0 Å². The zero-order chi connectivity index (χ0) is 18.0. The van der Waals surface area contributed by atoms with Crippen molar-refractivity contribution in [2.24, 2.45) is 0 Å². The predicted molar refractivity (Wildman–Crippen MR) is 94.4 cm³/mol. The summed E-state index contributed by atoms with van der Waals surface area (Å²) in [7, 11) is 0. The van der Waals surface area contributed by atoms with Crippen LogP contribution in [-0.4, -0.2) is 27.4 Å². The van der Waals surface area contributed by atoms with Crippen LogP contribution in [0, 0.1) is 0 Å². The summed E-state index contributed by atoms with van der Waals surface area (Å²) in [6.07, 6.45) is 4.56. The smallest absolute Gasteiger partial charge is 0.333 e. The van der Waals surface area contributed by atoms with Crippen molar-refractivity contribution in [1.29, 1.82) is 0 Å². The molecule has 5 heteroatoms. The van der Waals surface area contributed by atoms with Crippen LogP contribution in [-0.2, 0) is 16.1 Å². The number of carbonyl (C=O) groups excluding carboxylic acids is 2. The van der Waals surface area contributed by atoms with Crippen molar-refractivity contribution in [3.63, 3.8) is 0 Å². The monoisotopic (exact) mass is 336 g/mol. The highest BCUT2D eigenvalue weighted by Gasteiger charge is 2.33. The predicted octanol–water partition coefficient (Wildman–Crippen LogP) is 3.42. The Bertz CT molecular complexity index is 836. The largest absolute Gasteiger partial charge is 0.457 e. The van der Waals surface area contributed by atoms with E-state index in [1.54, 1.807) is 44.1 Å². The summed E-state index contributed by atoms with van der Waals surface area (Å²) < 4.78 is 5.37. The highest BCUT2D eigenvalue weighted by Crippen LogP contribution is 2.33. The molecule has 2 aromatic rings. The Morgan fingerprint density at radius 1 is 1.16 bits per heavy atom. The van der Waals surface area contributed by atoms with Crippen LogP contribution in [0.2, 0.25) is 0 Å².